The van der Waals surface area contributed by atoms with Gasteiger partial charge < -0.3 is 14.6 Å². The maximum atomic E-state index is 11.0. The van der Waals surface area contributed by atoms with Crippen molar-refractivity contribution in [2.24, 2.45) is 5.92 Å². The summed E-state index contributed by atoms with van der Waals surface area (Å²) in [6.45, 7) is 0. The van der Waals surface area contributed by atoms with Crippen molar-refractivity contribution in [2.45, 2.75) is 31.8 Å². The van der Waals surface area contributed by atoms with E-state index in [1.165, 1.54) is 19.2 Å². The molecule has 0 aromatic heterocycles. The van der Waals surface area contributed by atoms with Crippen molar-refractivity contribution in [1.82, 2.24) is 0 Å². The standard InChI is InChI=1S/C15H17NO4/c1-19-13-7-6-10(15(17)18)8-14(13)20-12-5-3-2-4-11(12)9-16/h6-8,11-12H,2-5H2,1H3,(H,17,18). The zero-order valence-electron chi connectivity index (χ0n) is 11.3. The molecule has 1 aliphatic rings. The van der Waals surface area contributed by atoms with Gasteiger partial charge in [-0.25, -0.2) is 4.79 Å². The highest BCUT2D eigenvalue weighted by Gasteiger charge is 2.27. The third-order valence-corrected chi connectivity index (χ3v) is 3.56. The smallest absolute Gasteiger partial charge is 0.335 e. The fraction of sp³-hybridized carbons (Fsp3) is 0.467. The molecule has 5 nitrogen and oxygen atoms in total. The minimum atomic E-state index is -1.02. The highest BCUT2D eigenvalue weighted by Crippen LogP contribution is 2.33. The lowest BCUT2D eigenvalue weighted by Crippen LogP contribution is -2.29. The van der Waals surface area contributed by atoms with Crippen LogP contribution in [0.1, 0.15) is 36.0 Å². The number of carboxylic acid groups (broad SMARTS) is 1. The molecule has 0 radical (unpaired) electrons. The van der Waals surface area contributed by atoms with E-state index < -0.39 is 5.97 Å². The summed E-state index contributed by atoms with van der Waals surface area (Å²) in [7, 11) is 1.51. The van der Waals surface area contributed by atoms with E-state index in [0.29, 0.717) is 11.5 Å². The topological polar surface area (TPSA) is 79.6 Å². The molecule has 1 aromatic rings. The molecule has 5 heteroatoms. The fourth-order valence-electron chi connectivity index (χ4n) is 2.45. The first kappa shape index (κ1) is 14.2. The van der Waals surface area contributed by atoms with Crippen LogP contribution in [0.15, 0.2) is 18.2 Å². The molecular formula is C15H17NO4. The van der Waals surface area contributed by atoms with Crippen LogP contribution in [0, 0.1) is 17.2 Å². The van der Waals surface area contributed by atoms with Crippen LogP contribution in [-0.2, 0) is 0 Å². The summed E-state index contributed by atoms with van der Waals surface area (Å²) in [5.74, 6) is -0.295. The molecule has 0 heterocycles. The molecule has 0 amide bonds. The first-order valence-corrected chi connectivity index (χ1v) is 6.63. The molecule has 0 aliphatic heterocycles. The molecule has 2 unspecified atom stereocenters. The lowest BCUT2D eigenvalue weighted by molar-refractivity contribution is 0.0694. The van der Waals surface area contributed by atoms with Gasteiger partial charge in [-0.3, -0.25) is 0 Å². The number of nitrogens with zero attached hydrogens (tertiary/aromatic N) is 1. The SMILES string of the molecule is COc1ccc(C(=O)O)cc1OC1CCCCC1C#N. The van der Waals surface area contributed by atoms with E-state index in [-0.39, 0.29) is 17.6 Å². The van der Waals surface area contributed by atoms with Crippen LogP contribution in [0.3, 0.4) is 0 Å². The molecule has 20 heavy (non-hydrogen) atoms. The summed E-state index contributed by atoms with van der Waals surface area (Å²) < 4.78 is 11.1. The first-order chi connectivity index (χ1) is 9.65. The lowest BCUT2D eigenvalue weighted by atomic mass is 9.87. The fourth-order valence-corrected chi connectivity index (χ4v) is 2.45. The number of carbonyl (C=O) groups is 1. The Morgan fingerprint density at radius 3 is 2.75 bits per heavy atom. The van der Waals surface area contributed by atoms with Gasteiger partial charge in [-0.2, -0.15) is 5.26 Å². The number of hydrogen-bond acceptors (Lipinski definition) is 4. The molecule has 106 valence electrons. The summed E-state index contributed by atoms with van der Waals surface area (Å²) in [4.78, 5) is 11.0. The van der Waals surface area contributed by atoms with Gasteiger partial charge in [0.15, 0.2) is 11.5 Å². The summed E-state index contributed by atoms with van der Waals surface area (Å²) in [6, 6.07) is 6.76. The van der Waals surface area contributed by atoms with Crippen molar-refractivity contribution in [3.8, 4) is 17.6 Å². The zero-order chi connectivity index (χ0) is 14.5. The molecule has 0 bridgehead atoms. The Bertz CT molecular complexity index is 535. The Labute approximate surface area is 117 Å². The van der Waals surface area contributed by atoms with Gasteiger partial charge in [-0.05, 0) is 37.5 Å². The molecule has 0 saturated heterocycles. The van der Waals surface area contributed by atoms with Gasteiger partial charge >= 0.3 is 5.97 Å². The Hall–Kier alpha value is -2.22. The average Bonchev–Trinajstić information content (AvgIpc) is 2.47. The number of nitriles is 1. The predicted octanol–water partition coefficient (Wildman–Crippen LogP) is 2.85. The number of carboxylic acids is 1. The first-order valence-electron chi connectivity index (χ1n) is 6.63. The molecule has 1 aliphatic carbocycles. The van der Waals surface area contributed by atoms with E-state index in [1.807, 2.05) is 0 Å². The van der Waals surface area contributed by atoms with Crippen molar-refractivity contribution >= 4 is 5.97 Å². The van der Waals surface area contributed by atoms with Crippen LogP contribution in [0.2, 0.25) is 0 Å². The van der Waals surface area contributed by atoms with Crippen LogP contribution in [-0.4, -0.2) is 24.3 Å². The van der Waals surface area contributed by atoms with Crippen LogP contribution in [0.4, 0.5) is 0 Å². The van der Waals surface area contributed by atoms with Gasteiger partial charge in [0.25, 0.3) is 0 Å². The second-order valence-corrected chi connectivity index (χ2v) is 4.85. The van der Waals surface area contributed by atoms with E-state index in [4.69, 9.17) is 19.8 Å². The van der Waals surface area contributed by atoms with Gasteiger partial charge in [-0.1, -0.05) is 6.42 Å². The van der Waals surface area contributed by atoms with Crippen molar-refractivity contribution < 1.29 is 19.4 Å². The van der Waals surface area contributed by atoms with Gasteiger partial charge in [0.1, 0.15) is 6.10 Å². The summed E-state index contributed by atoms with van der Waals surface area (Å²) in [6.07, 6.45) is 3.47. The monoisotopic (exact) mass is 275 g/mol. The average molecular weight is 275 g/mol. The Balaban J connectivity index is 2.24. The zero-order valence-corrected chi connectivity index (χ0v) is 11.3. The molecule has 2 rings (SSSR count). The normalized spacial score (nSPS) is 21.8. The van der Waals surface area contributed by atoms with Crippen LogP contribution < -0.4 is 9.47 Å². The van der Waals surface area contributed by atoms with Gasteiger partial charge in [-0.15, -0.1) is 0 Å². The van der Waals surface area contributed by atoms with Gasteiger partial charge in [0.05, 0.1) is 24.7 Å². The van der Waals surface area contributed by atoms with Crippen molar-refractivity contribution in [3.05, 3.63) is 23.8 Å². The van der Waals surface area contributed by atoms with Crippen LogP contribution in [0.5, 0.6) is 11.5 Å². The second kappa shape index (κ2) is 6.29. The number of hydrogen-bond donors (Lipinski definition) is 1. The highest BCUT2D eigenvalue weighted by atomic mass is 16.5. The van der Waals surface area contributed by atoms with Crippen molar-refractivity contribution in [1.29, 1.82) is 5.26 Å². The minimum Gasteiger partial charge on any atom is -0.493 e. The maximum absolute atomic E-state index is 11.0. The third kappa shape index (κ3) is 3.02. The van der Waals surface area contributed by atoms with E-state index in [0.717, 1.165) is 25.7 Å². The van der Waals surface area contributed by atoms with Gasteiger partial charge in [0, 0.05) is 0 Å². The van der Waals surface area contributed by atoms with Crippen LogP contribution >= 0.6 is 0 Å². The molecule has 2 atom stereocenters. The number of rotatable bonds is 4. The van der Waals surface area contributed by atoms with Crippen LogP contribution in [0.25, 0.3) is 0 Å². The molecule has 1 saturated carbocycles. The Morgan fingerprint density at radius 1 is 1.35 bits per heavy atom. The van der Waals surface area contributed by atoms with E-state index in [2.05, 4.69) is 6.07 Å². The highest BCUT2D eigenvalue weighted by molar-refractivity contribution is 5.88. The molecular weight excluding hydrogens is 258 g/mol. The number of ether oxygens (including phenoxy) is 2. The molecule has 1 aromatic carbocycles. The van der Waals surface area contributed by atoms with E-state index in [1.54, 1.807) is 6.07 Å². The molecule has 1 N–H and O–H groups in total. The lowest BCUT2D eigenvalue weighted by Gasteiger charge is -2.28. The number of methoxy groups -OCH3 is 1. The maximum Gasteiger partial charge on any atom is 0.335 e. The quantitative estimate of drug-likeness (QED) is 0.914. The molecule has 0 spiro atoms. The summed E-state index contributed by atoms with van der Waals surface area (Å²) in [5.41, 5.74) is 0.144. The number of aromatic carboxylic acids is 1. The Morgan fingerprint density at radius 2 is 2.10 bits per heavy atom. The minimum absolute atomic E-state index is 0.144. The van der Waals surface area contributed by atoms with E-state index >= 15 is 0 Å². The largest absolute Gasteiger partial charge is 0.493 e. The van der Waals surface area contributed by atoms with Crippen molar-refractivity contribution in [2.75, 3.05) is 7.11 Å². The Kier molecular flexibility index (Phi) is 4.46. The third-order valence-electron chi connectivity index (χ3n) is 3.56. The molecule has 1 fully saturated rings. The number of benzene rings is 1. The summed E-state index contributed by atoms with van der Waals surface area (Å²) >= 11 is 0. The summed E-state index contributed by atoms with van der Waals surface area (Å²) in [5, 5.41) is 18.2. The van der Waals surface area contributed by atoms with Gasteiger partial charge in [0.2, 0.25) is 0 Å². The predicted molar refractivity (Wildman–Crippen MR) is 71.9 cm³/mol. The van der Waals surface area contributed by atoms with E-state index in [9.17, 15) is 4.79 Å². The second-order valence-electron chi connectivity index (χ2n) is 4.85. The van der Waals surface area contributed by atoms with Crippen molar-refractivity contribution in [3.63, 3.8) is 0 Å².